The Morgan fingerprint density at radius 2 is 1.76 bits per heavy atom. The molecule has 0 radical (unpaired) electrons. The van der Waals surface area contributed by atoms with E-state index < -0.39 is 36.3 Å². The van der Waals surface area contributed by atoms with Gasteiger partial charge in [-0.25, -0.2) is 9.59 Å². The zero-order valence-electron chi connectivity index (χ0n) is 9.59. The van der Waals surface area contributed by atoms with Crippen molar-refractivity contribution in [2.45, 2.75) is 45.0 Å². The normalized spacial score (nSPS) is 14.0. The number of carbonyl (C=O) groups is 2. The summed E-state index contributed by atoms with van der Waals surface area (Å²) in [6.45, 7) is 4.52. The van der Waals surface area contributed by atoms with Crippen LogP contribution in [0.1, 0.15) is 27.2 Å². The van der Waals surface area contributed by atoms with Gasteiger partial charge >= 0.3 is 18.2 Å². The van der Waals surface area contributed by atoms with Gasteiger partial charge in [-0.1, -0.05) is 0 Å². The number of ether oxygens (including phenoxy) is 1. The third kappa shape index (κ3) is 8.35. The van der Waals surface area contributed by atoms with E-state index in [4.69, 9.17) is 5.11 Å². The molecule has 1 amide bonds. The van der Waals surface area contributed by atoms with E-state index in [1.165, 1.54) is 20.8 Å². The molecule has 0 rings (SSSR count). The number of alkyl halides is 3. The Morgan fingerprint density at radius 1 is 1.29 bits per heavy atom. The molecule has 1 atom stereocenters. The smallest absolute Gasteiger partial charge is 0.408 e. The Hall–Kier alpha value is -1.47. The van der Waals surface area contributed by atoms with Crippen LogP contribution in [-0.4, -0.2) is 35.0 Å². The van der Waals surface area contributed by atoms with Gasteiger partial charge in [0, 0.05) is 0 Å². The van der Waals surface area contributed by atoms with Crippen molar-refractivity contribution in [1.29, 1.82) is 0 Å². The predicted octanol–water partition coefficient (Wildman–Crippen LogP) is 1.92. The number of nitrogens with one attached hydrogen (secondary N) is 1. The maximum absolute atomic E-state index is 12.0. The van der Waals surface area contributed by atoms with Gasteiger partial charge < -0.3 is 15.2 Å². The molecule has 0 saturated carbocycles. The summed E-state index contributed by atoms with van der Waals surface area (Å²) < 4.78 is 40.6. The fraction of sp³-hybridized carbons (Fsp3) is 0.778. The molecule has 0 fully saturated rings. The van der Waals surface area contributed by atoms with Crippen LogP contribution in [0.2, 0.25) is 0 Å². The molecular formula is C9H14F3NO4. The van der Waals surface area contributed by atoms with Crippen LogP contribution in [0.3, 0.4) is 0 Å². The zero-order chi connectivity index (χ0) is 13.9. The molecule has 0 aliphatic rings. The lowest BCUT2D eigenvalue weighted by atomic mass is 10.2. The lowest BCUT2D eigenvalue weighted by Crippen LogP contribution is -2.45. The topological polar surface area (TPSA) is 75.6 Å². The van der Waals surface area contributed by atoms with Crippen LogP contribution in [0, 0.1) is 0 Å². The van der Waals surface area contributed by atoms with Crippen LogP contribution >= 0.6 is 0 Å². The van der Waals surface area contributed by atoms with Crippen molar-refractivity contribution in [3.8, 4) is 0 Å². The van der Waals surface area contributed by atoms with Crippen LogP contribution in [-0.2, 0) is 9.53 Å². The van der Waals surface area contributed by atoms with Crippen LogP contribution in [0.5, 0.6) is 0 Å². The van der Waals surface area contributed by atoms with Crippen LogP contribution in [0.15, 0.2) is 0 Å². The number of aliphatic carboxylic acids is 1. The molecule has 0 aromatic heterocycles. The van der Waals surface area contributed by atoms with Crippen molar-refractivity contribution in [3.05, 3.63) is 0 Å². The lowest BCUT2D eigenvalue weighted by molar-refractivity contribution is -0.158. The average Bonchev–Trinajstić information content (AvgIpc) is 1.95. The molecule has 0 aliphatic heterocycles. The second kappa shape index (κ2) is 5.24. The zero-order valence-corrected chi connectivity index (χ0v) is 9.59. The molecule has 0 spiro atoms. The van der Waals surface area contributed by atoms with E-state index in [2.05, 4.69) is 4.74 Å². The van der Waals surface area contributed by atoms with Crippen molar-refractivity contribution >= 4 is 12.1 Å². The number of hydrogen-bond donors (Lipinski definition) is 2. The Kier molecular flexibility index (Phi) is 4.79. The maximum atomic E-state index is 12.0. The standard InChI is InChI=1S/C9H14F3NO4/c1-8(2,3)17-7(16)13-5(6(14)15)4-9(10,11)12/h5H,4H2,1-3H3,(H,13,16)(H,14,15)/t5-/m1/s1. The highest BCUT2D eigenvalue weighted by Crippen LogP contribution is 2.21. The van der Waals surface area contributed by atoms with Crippen LogP contribution in [0.4, 0.5) is 18.0 Å². The van der Waals surface area contributed by atoms with Gasteiger partial charge in [-0.15, -0.1) is 0 Å². The number of carboxylic acid groups (broad SMARTS) is 1. The molecule has 100 valence electrons. The molecule has 0 heterocycles. The highest BCUT2D eigenvalue weighted by molar-refractivity contribution is 5.80. The summed E-state index contributed by atoms with van der Waals surface area (Å²) in [5.74, 6) is -1.77. The molecule has 0 aromatic carbocycles. The minimum absolute atomic E-state index is 0.911. The van der Waals surface area contributed by atoms with Crippen molar-refractivity contribution < 1.29 is 32.6 Å². The number of amides is 1. The number of carboxylic acids is 1. The van der Waals surface area contributed by atoms with Crippen molar-refractivity contribution in [1.82, 2.24) is 5.32 Å². The number of alkyl carbamates (subject to hydrolysis) is 1. The van der Waals surface area contributed by atoms with E-state index in [0.29, 0.717) is 0 Å². The minimum Gasteiger partial charge on any atom is -0.480 e. The SMILES string of the molecule is CC(C)(C)OC(=O)N[C@H](CC(F)(F)F)C(=O)O. The summed E-state index contributed by atoms with van der Waals surface area (Å²) in [6.07, 6.45) is -7.53. The first-order valence-electron chi connectivity index (χ1n) is 4.70. The Balaban J connectivity index is 4.47. The van der Waals surface area contributed by atoms with Crippen LogP contribution in [0.25, 0.3) is 0 Å². The van der Waals surface area contributed by atoms with E-state index in [1.54, 1.807) is 5.32 Å². The Bertz CT molecular complexity index is 296. The first-order chi connectivity index (χ1) is 7.41. The number of rotatable bonds is 3. The molecule has 0 aliphatic carbocycles. The van der Waals surface area contributed by atoms with Crippen molar-refractivity contribution in [2.75, 3.05) is 0 Å². The monoisotopic (exact) mass is 257 g/mol. The lowest BCUT2D eigenvalue weighted by Gasteiger charge is -2.22. The van der Waals surface area contributed by atoms with Crippen molar-refractivity contribution in [3.63, 3.8) is 0 Å². The summed E-state index contributed by atoms with van der Waals surface area (Å²) in [5, 5.41) is 10.2. The number of hydrogen-bond acceptors (Lipinski definition) is 3. The minimum atomic E-state index is -4.68. The first kappa shape index (κ1) is 15.5. The number of carbonyl (C=O) groups excluding carboxylic acids is 1. The highest BCUT2D eigenvalue weighted by atomic mass is 19.4. The molecule has 2 N–H and O–H groups in total. The van der Waals surface area contributed by atoms with E-state index in [0.717, 1.165) is 0 Å². The maximum Gasteiger partial charge on any atom is 0.408 e. The molecule has 0 aromatic rings. The second-order valence-corrected chi connectivity index (χ2v) is 4.36. The van der Waals surface area contributed by atoms with Gasteiger partial charge in [0.25, 0.3) is 0 Å². The van der Waals surface area contributed by atoms with E-state index in [-0.39, 0.29) is 0 Å². The van der Waals surface area contributed by atoms with E-state index in [1.807, 2.05) is 0 Å². The highest BCUT2D eigenvalue weighted by Gasteiger charge is 2.37. The van der Waals surface area contributed by atoms with Gasteiger partial charge in [0.05, 0.1) is 6.42 Å². The summed E-state index contributed by atoms with van der Waals surface area (Å²) in [5.41, 5.74) is -0.911. The van der Waals surface area contributed by atoms with Gasteiger partial charge in [-0.3, -0.25) is 0 Å². The molecule has 8 heteroatoms. The Morgan fingerprint density at radius 3 is 2.06 bits per heavy atom. The quantitative estimate of drug-likeness (QED) is 0.809. The number of halogens is 3. The van der Waals surface area contributed by atoms with E-state index in [9.17, 15) is 22.8 Å². The molecule has 5 nitrogen and oxygen atoms in total. The van der Waals surface area contributed by atoms with Gasteiger partial charge in [0.1, 0.15) is 11.6 Å². The summed E-state index contributed by atoms with van der Waals surface area (Å²) >= 11 is 0. The first-order valence-corrected chi connectivity index (χ1v) is 4.70. The molecule has 0 bridgehead atoms. The van der Waals surface area contributed by atoms with Crippen molar-refractivity contribution in [2.24, 2.45) is 0 Å². The van der Waals surface area contributed by atoms with Gasteiger partial charge in [-0.2, -0.15) is 13.2 Å². The third-order valence-electron chi connectivity index (χ3n) is 1.42. The second-order valence-electron chi connectivity index (χ2n) is 4.36. The fourth-order valence-corrected chi connectivity index (χ4v) is 0.881. The van der Waals surface area contributed by atoms with Crippen LogP contribution < -0.4 is 5.32 Å². The van der Waals surface area contributed by atoms with E-state index >= 15 is 0 Å². The Labute approximate surface area is 95.9 Å². The fourth-order valence-electron chi connectivity index (χ4n) is 0.881. The van der Waals surface area contributed by atoms with Gasteiger partial charge in [0.2, 0.25) is 0 Å². The molecule has 0 unspecified atom stereocenters. The molecule has 0 saturated heterocycles. The third-order valence-corrected chi connectivity index (χ3v) is 1.42. The molecular weight excluding hydrogens is 243 g/mol. The predicted molar refractivity (Wildman–Crippen MR) is 51.5 cm³/mol. The average molecular weight is 257 g/mol. The van der Waals surface area contributed by atoms with Gasteiger partial charge in [0.15, 0.2) is 0 Å². The summed E-state index contributed by atoms with van der Waals surface area (Å²) in [7, 11) is 0. The summed E-state index contributed by atoms with van der Waals surface area (Å²) in [4.78, 5) is 21.6. The largest absolute Gasteiger partial charge is 0.480 e. The van der Waals surface area contributed by atoms with Gasteiger partial charge in [-0.05, 0) is 20.8 Å². The molecule has 17 heavy (non-hydrogen) atoms. The summed E-state index contributed by atoms with van der Waals surface area (Å²) in [6, 6.07) is -2.05.